The molecule has 1 rings (SSSR count). The van der Waals surface area contributed by atoms with Crippen molar-refractivity contribution in [3.05, 3.63) is 18.3 Å². The quantitative estimate of drug-likeness (QED) is 0.765. The molecule has 0 fully saturated rings. The summed E-state index contributed by atoms with van der Waals surface area (Å²) in [6.07, 6.45) is 0.888. The van der Waals surface area contributed by atoms with Crippen molar-refractivity contribution >= 4 is 11.8 Å². The number of hydrogen-bond acceptors (Lipinski definition) is 5. The van der Waals surface area contributed by atoms with Gasteiger partial charge in [0.05, 0.1) is 13.7 Å². The first kappa shape index (κ1) is 11.3. The maximum Gasteiger partial charge on any atom is 0.411 e. The SMILES string of the molecule is COc1ncccc1NC(=O)OCCO. The zero-order valence-corrected chi connectivity index (χ0v) is 8.27. The van der Waals surface area contributed by atoms with Gasteiger partial charge in [-0.05, 0) is 12.1 Å². The molecule has 1 heterocycles. The summed E-state index contributed by atoms with van der Waals surface area (Å²) < 4.78 is 9.53. The van der Waals surface area contributed by atoms with Crippen LogP contribution < -0.4 is 10.1 Å². The van der Waals surface area contributed by atoms with Crippen LogP contribution in [0.25, 0.3) is 0 Å². The number of aliphatic hydroxyl groups excluding tert-OH is 1. The monoisotopic (exact) mass is 212 g/mol. The number of anilines is 1. The van der Waals surface area contributed by atoms with E-state index in [0.717, 1.165) is 0 Å². The maximum absolute atomic E-state index is 11.1. The Kier molecular flexibility index (Phi) is 4.36. The molecule has 82 valence electrons. The Balaban J connectivity index is 2.59. The molecule has 0 atom stereocenters. The first-order valence-corrected chi connectivity index (χ1v) is 4.31. The van der Waals surface area contributed by atoms with Gasteiger partial charge in [-0.1, -0.05) is 0 Å². The van der Waals surface area contributed by atoms with E-state index in [1.807, 2.05) is 0 Å². The lowest BCUT2D eigenvalue weighted by Crippen LogP contribution is -2.16. The second-order valence-corrected chi connectivity index (χ2v) is 2.54. The molecule has 0 bridgehead atoms. The van der Waals surface area contributed by atoms with Crippen LogP contribution in [0.15, 0.2) is 18.3 Å². The molecule has 0 aliphatic carbocycles. The molecule has 15 heavy (non-hydrogen) atoms. The Labute approximate surface area is 86.8 Å². The van der Waals surface area contributed by atoms with E-state index in [2.05, 4.69) is 15.0 Å². The number of methoxy groups -OCH3 is 1. The number of amides is 1. The fourth-order valence-electron chi connectivity index (χ4n) is 0.933. The van der Waals surface area contributed by atoms with Gasteiger partial charge in [0, 0.05) is 6.20 Å². The molecule has 1 aromatic rings. The number of carbonyl (C=O) groups excluding carboxylic acids is 1. The number of nitrogens with one attached hydrogen (secondary N) is 1. The second kappa shape index (κ2) is 5.82. The predicted molar refractivity (Wildman–Crippen MR) is 52.8 cm³/mol. The van der Waals surface area contributed by atoms with Gasteiger partial charge in [0.2, 0.25) is 5.88 Å². The fourth-order valence-corrected chi connectivity index (χ4v) is 0.933. The zero-order valence-electron chi connectivity index (χ0n) is 8.27. The molecule has 0 spiro atoms. The van der Waals surface area contributed by atoms with Gasteiger partial charge in [0.25, 0.3) is 0 Å². The molecule has 0 saturated carbocycles. The highest BCUT2D eigenvalue weighted by Gasteiger charge is 2.07. The Hall–Kier alpha value is -1.82. The van der Waals surface area contributed by atoms with Gasteiger partial charge < -0.3 is 14.6 Å². The molecule has 1 aromatic heterocycles. The van der Waals surface area contributed by atoms with E-state index in [4.69, 9.17) is 9.84 Å². The maximum atomic E-state index is 11.1. The summed E-state index contributed by atoms with van der Waals surface area (Å²) in [5.41, 5.74) is 0.419. The Morgan fingerprint density at radius 1 is 1.67 bits per heavy atom. The smallest absolute Gasteiger partial charge is 0.411 e. The molecule has 0 aromatic carbocycles. The molecular formula is C9H12N2O4. The van der Waals surface area contributed by atoms with E-state index >= 15 is 0 Å². The van der Waals surface area contributed by atoms with Crippen LogP contribution in [0.5, 0.6) is 5.88 Å². The van der Waals surface area contributed by atoms with Crippen molar-refractivity contribution in [3.8, 4) is 5.88 Å². The molecule has 6 heteroatoms. The van der Waals surface area contributed by atoms with Crippen LogP contribution in [0, 0.1) is 0 Å². The van der Waals surface area contributed by atoms with Crippen LogP contribution in [0.4, 0.5) is 10.5 Å². The highest BCUT2D eigenvalue weighted by atomic mass is 16.6. The van der Waals surface area contributed by atoms with Gasteiger partial charge in [-0.3, -0.25) is 5.32 Å². The highest BCUT2D eigenvalue weighted by Crippen LogP contribution is 2.19. The predicted octanol–water partition coefficient (Wildman–Crippen LogP) is 0.631. The summed E-state index contributed by atoms with van der Waals surface area (Å²) in [4.78, 5) is 15.0. The van der Waals surface area contributed by atoms with Gasteiger partial charge in [-0.25, -0.2) is 9.78 Å². The summed E-state index contributed by atoms with van der Waals surface area (Å²) in [5, 5.41) is 10.9. The number of ether oxygens (including phenoxy) is 2. The molecule has 0 aliphatic rings. The average molecular weight is 212 g/mol. The van der Waals surface area contributed by atoms with Crippen molar-refractivity contribution in [3.63, 3.8) is 0 Å². The Bertz CT molecular complexity index is 330. The number of rotatable bonds is 4. The third kappa shape index (κ3) is 3.43. The van der Waals surface area contributed by atoms with Gasteiger partial charge in [-0.2, -0.15) is 0 Å². The van der Waals surface area contributed by atoms with Gasteiger partial charge in [-0.15, -0.1) is 0 Å². The number of carbonyl (C=O) groups is 1. The minimum Gasteiger partial charge on any atom is -0.480 e. The lowest BCUT2D eigenvalue weighted by atomic mass is 10.4. The lowest BCUT2D eigenvalue weighted by molar-refractivity contribution is 0.131. The number of aliphatic hydroxyl groups is 1. The summed E-state index contributed by atoms with van der Waals surface area (Å²) >= 11 is 0. The van der Waals surface area contributed by atoms with Crippen molar-refractivity contribution in [2.24, 2.45) is 0 Å². The lowest BCUT2D eigenvalue weighted by Gasteiger charge is -2.08. The third-order valence-corrected chi connectivity index (χ3v) is 1.53. The molecule has 0 saturated heterocycles. The molecule has 0 radical (unpaired) electrons. The molecule has 6 nitrogen and oxygen atoms in total. The van der Waals surface area contributed by atoms with Crippen LogP contribution in [-0.2, 0) is 4.74 Å². The zero-order chi connectivity index (χ0) is 11.1. The molecule has 2 N–H and O–H groups in total. The fraction of sp³-hybridized carbons (Fsp3) is 0.333. The van der Waals surface area contributed by atoms with Crippen LogP contribution in [0.2, 0.25) is 0 Å². The van der Waals surface area contributed by atoms with E-state index < -0.39 is 6.09 Å². The molecular weight excluding hydrogens is 200 g/mol. The van der Waals surface area contributed by atoms with Crippen molar-refractivity contribution in [2.75, 3.05) is 25.6 Å². The van der Waals surface area contributed by atoms with Crippen LogP contribution in [-0.4, -0.2) is 36.5 Å². The average Bonchev–Trinajstić information content (AvgIpc) is 2.27. The standard InChI is InChI=1S/C9H12N2O4/c1-14-8-7(3-2-4-10-8)11-9(13)15-6-5-12/h2-4,12H,5-6H2,1H3,(H,11,13). The van der Waals surface area contributed by atoms with E-state index in [1.54, 1.807) is 18.3 Å². The topological polar surface area (TPSA) is 80.7 Å². The summed E-state index contributed by atoms with van der Waals surface area (Å²) in [6, 6.07) is 3.29. The number of aromatic nitrogens is 1. The van der Waals surface area contributed by atoms with Gasteiger partial charge in [0.15, 0.2) is 0 Å². The number of pyridine rings is 1. The summed E-state index contributed by atoms with van der Waals surface area (Å²) in [7, 11) is 1.45. The normalized spacial score (nSPS) is 9.47. The minimum atomic E-state index is -0.657. The van der Waals surface area contributed by atoms with Crippen LogP contribution >= 0.6 is 0 Å². The van der Waals surface area contributed by atoms with Gasteiger partial charge >= 0.3 is 6.09 Å². The summed E-state index contributed by atoms with van der Waals surface area (Å²) in [6.45, 7) is -0.258. The first-order valence-electron chi connectivity index (χ1n) is 4.31. The Morgan fingerprint density at radius 3 is 3.13 bits per heavy atom. The van der Waals surface area contributed by atoms with Crippen molar-refractivity contribution in [2.45, 2.75) is 0 Å². The van der Waals surface area contributed by atoms with Crippen molar-refractivity contribution in [1.82, 2.24) is 4.98 Å². The molecule has 1 amide bonds. The van der Waals surface area contributed by atoms with Gasteiger partial charge in [0.1, 0.15) is 12.3 Å². The second-order valence-electron chi connectivity index (χ2n) is 2.54. The highest BCUT2D eigenvalue weighted by molar-refractivity contribution is 5.86. The number of hydrogen-bond donors (Lipinski definition) is 2. The van der Waals surface area contributed by atoms with Crippen LogP contribution in [0.3, 0.4) is 0 Å². The van der Waals surface area contributed by atoms with E-state index in [0.29, 0.717) is 11.6 Å². The number of nitrogens with zero attached hydrogens (tertiary/aromatic N) is 1. The van der Waals surface area contributed by atoms with E-state index in [9.17, 15) is 4.79 Å². The van der Waals surface area contributed by atoms with Crippen LogP contribution in [0.1, 0.15) is 0 Å². The van der Waals surface area contributed by atoms with E-state index in [1.165, 1.54) is 7.11 Å². The van der Waals surface area contributed by atoms with E-state index in [-0.39, 0.29) is 13.2 Å². The Morgan fingerprint density at radius 2 is 2.47 bits per heavy atom. The van der Waals surface area contributed by atoms with Crippen molar-refractivity contribution in [1.29, 1.82) is 0 Å². The first-order chi connectivity index (χ1) is 7.27. The molecule has 0 aliphatic heterocycles. The summed E-state index contributed by atoms with van der Waals surface area (Å²) in [5.74, 6) is 0.304. The third-order valence-electron chi connectivity index (χ3n) is 1.53. The van der Waals surface area contributed by atoms with Crippen molar-refractivity contribution < 1.29 is 19.4 Å². The largest absolute Gasteiger partial charge is 0.480 e. The molecule has 0 unspecified atom stereocenters. The minimum absolute atomic E-state index is 0.0472.